The Morgan fingerprint density at radius 3 is 2.44 bits per heavy atom. The van der Waals surface area contributed by atoms with Gasteiger partial charge in [-0.1, -0.05) is 19.9 Å². The van der Waals surface area contributed by atoms with Crippen molar-refractivity contribution in [2.75, 3.05) is 13.2 Å². The van der Waals surface area contributed by atoms with E-state index in [4.69, 9.17) is 9.84 Å². The minimum atomic E-state index is -1.04. The van der Waals surface area contributed by atoms with Gasteiger partial charge < -0.3 is 14.7 Å². The summed E-state index contributed by atoms with van der Waals surface area (Å²) in [5.41, 5.74) is 0.381. The number of benzene rings is 1. The molecule has 1 amide bonds. The summed E-state index contributed by atoms with van der Waals surface area (Å²) in [6.07, 6.45) is -0.179. The van der Waals surface area contributed by atoms with Gasteiger partial charge in [-0.25, -0.2) is 8.78 Å². The number of amides is 1. The summed E-state index contributed by atoms with van der Waals surface area (Å²) in [6.45, 7) is 6.05. The van der Waals surface area contributed by atoms with Crippen LogP contribution in [0.4, 0.5) is 8.78 Å². The lowest BCUT2D eigenvalue weighted by atomic mass is 10.1. The van der Waals surface area contributed by atoms with E-state index >= 15 is 0 Å². The van der Waals surface area contributed by atoms with Gasteiger partial charge in [-0.2, -0.15) is 0 Å². The molecule has 25 heavy (non-hydrogen) atoms. The minimum absolute atomic E-state index is 0.0127. The maximum Gasteiger partial charge on any atom is 0.305 e. The number of carbonyl (C=O) groups excluding carboxylic acids is 1. The summed E-state index contributed by atoms with van der Waals surface area (Å²) >= 11 is 0. The molecule has 7 heteroatoms. The van der Waals surface area contributed by atoms with Crippen LogP contribution in [0.25, 0.3) is 0 Å². The van der Waals surface area contributed by atoms with Gasteiger partial charge >= 0.3 is 5.97 Å². The highest BCUT2D eigenvalue weighted by Gasteiger charge is 2.22. The van der Waals surface area contributed by atoms with Crippen molar-refractivity contribution in [3.63, 3.8) is 0 Å². The first-order valence-corrected chi connectivity index (χ1v) is 8.26. The molecule has 0 heterocycles. The SMILES string of the molecule is CC(C)CCOC(C)C(=O)N(CCC(=O)O)Cc1ccc(F)c(F)c1. The molecule has 140 valence electrons. The van der Waals surface area contributed by atoms with Crippen molar-refractivity contribution in [3.8, 4) is 0 Å². The first kappa shape index (κ1) is 21.0. The predicted molar refractivity (Wildman–Crippen MR) is 88.9 cm³/mol. The summed E-state index contributed by atoms with van der Waals surface area (Å²) in [5, 5.41) is 8.85. The summed E-state index contributed by atoms with van der Waals surface area (Å²) in [4.78, 5) is 24.6. The average molecular weight is 357 g/mol. The number of rotatable bonds is 10. The van der Waals surface area contributed by atoms with Gasteiger partial charge in [0.05, 0.1) is 6.42 Å². The Morgan fingerprint density at radius 2 is 1.88 bits per heavy atom. The maximum absolute atomic E-state index is 13.3. The summed E-state index contributed by atoms with van der Waals surface area (Å²) < 4.78 is 31.9. The molecule has 0 aliphatic rings. The first-order chi connectivity index (χ1) is 11.7. The zero-order valence-corrected chi connectivity index (χ0v) is 14.8. The Balaban J connectivity index is 2.78. The van der Waals surface area contributed by atoms with Gasteiger partial charge in [0.1, 0.15) is 6.10 Å². The largest absolute Gasteiger partial charge is 0.481 e. The Labute approximate surface area is 146 Å². The van der Waals surface area contributed by atoms with E-state index in [0.717, 1.165) is 18.6 Å². The predicted octanol–water partition coefficient (Wildman–Crippen LogP) is 3.22. The number of carbonyl (C=O) groups is 2. The summed E-state index contributed by atoms with van der Waals surface area (Å²) in [7, 11) is 0. The van der Waals surface area contributed by atoms with Crippen LogP contribution in [0.2, 0.25) is 0 Å². The zero-order chi connectivity index (χ0) is 19.0. The van der Waals surface area contributed by atoms with Crippen molar-refractivity contribution >= 4 is 11.9 Å². The topological polar surface area (TPSA) is 66.8 Å². The number of aliphatic carboxylic acids is 1. The molecule has 0 aliphatic heterocycles. The zero-order valence-electron chi connectivity index (χ0n) is 14.8. The molecule has 1 aromatic rings. The standard InChI is InChI=1S/C18H25F2NO4/c1-12(2)7-9-25-13(3)18(24)21(8-6-17(22)23)11-14-4-5-15(19)16(20)10-14/h4-5,10,12-13H,6-9,11H2,1-3H3,(H,22,23). The second kappa shape index (κ2) is 10.1. The van der Waals surface area contributed by atoms with Gasteiger partial charge in [0.15, 0.2) is 11.6 Å². The highest BCUT2D eigenvalue weighted by molar-refractivity contribution is 5.81. The van der Waals surface area contributed by atoms with Crippen molar-refractivity contribution in [3.05, 3.63) is 35.4 Å². The molecule has 0 aliphatic carbocycles. The Bertz CT molecular complexity index is 592. The lowest BCUT2D eigenvalue weighted by Gasteiger charge is -2.26. The van der Waals surface area contributed by atoms with E-state index in [2.05, 4.69) is 0 Å². The molecule has 0 spiro atoms. The Kier molecular flexibility index (Phi) is 8.48. The van der Waals surface area contributed by atoms with Crippen molar-refractivity contribution in [1.82, 2.24) is 4.90 Å². The second-order valence-corrected chi connectivity index (χ2v) is 6.35. The van der Waals surface area contributed by atoms with Crippen LogP contribution in [-0.4, -0.2) is 41.1 Å². The van der Waals surface area contributed by atoms with Gasteiger partial charge in [0.2, 0.25) is 0 Å². The monoisotopic (exact) mass is 357 g/mol. The van der Waals surface area contributed by atoms with Crippen molar-refractivity contribution in [2.45, 2.75) is 46.3 Å². The fourth-order valence-corrected chi connectivity index (χ4v) is 2.17. The molecular formula is C18H25F2NO4. The molecule has 0 saturated heterocycles. The first-order valence-electron chi connectivity index (χ1n) is 8.26. The molecule has 1 atom stereocenters. The van der Waals surface area contributed by atoms with Crippen LogP contribution in [0.1, 0.15) is 39.2 Å². The normalized spacial score (nSPS) is 12.2. The summed E-state index contributed by atoms with van der Waals surface area (Å²) in [5.74, 6) is -2.97. The molecule has 1 aromatic carbocycles. The van der Waals surface area contributed by atoms with Gasteiger partial charge in [-0.05, 0) is 37.0 Å². The van der Waals surface area contributed by atoms with Crippen LogP contribution in [0, 0.1) is 17.6 Å². The van der Waals surface area contributed by atoms with E-state index in [1.807, 2.05) is 13.8 Å². The van der Waals surface area contributed by atoms with Crippen LogP contribution in [0.15, 0.2) is 18.2 Å². The molecule has 1 rings (SSSR count). The molecule has 0 radical (unpaired) electrons. The van der Waals surface area contributed by atoms with Crippen molar-refractivity contribution in [1.29, 1.82) is 0 Å². The maximum atomic E-state index is 13.3. The average Bonchev–Trinajstić information content (AvgIpc) is 2.53. The van der Waals surface area contributed by atoms with Crippen LogP contribution >= 0.6 is 0 Å². The third kappa shape index (κ3) is 7.60. The van der Waals surface area contributed by atoms with Gasteiger partial charge in [-0.15, -0.1) is 0 Å². The van der Waals surface area contributed by atoms with Crippen LogP contribution in [0.5, 0.6) is 0 Å². The molecule has 0 aromatic heterocycles. The third-order valence-electron chi connectivity index (χ3n) is 3.68. The van der Waals surface area contributed by atoms with Gasteiger partial charge in [-0.3, -0.25) is 9.59 Å². The number of hydrogen-bond donors (Lipinski definition) is 1. The highest BCUT2D eigenvalue weighted by atomic mass is 19.2. The fraction of sp³-hybridized carbons (Fsp3) is 0.556. The van der Waals surface area contributed by atoms with Crippen LogP contribution < -0.4 is 0 Å². The van der Waals surface area contributed by atoms with Gasteiger partial charge in [0.25, 0.3) is 5.91 Å². The quantitative estimate of drug-likeness (QED) is 0.698. The van der Waals surface area contributed by atoms with E-state index in [1.165, 1.54) is 11.0 Å². The summed E-state index contributed by atoms with van der Waals surface area (Å²) in [6, 6.07) is 3.34. The second-order valence-electron chi connectivity index (χ2n) is 6.35. The van der Waals surface area contributed by atoms with Crippen LogP contribution in [-0.2, 0) is 20.9 Å². The molecule has 1 N–H and O–H groups in total. The van der Waals surface area contributed by atoms with E-state index < -0.39 is 23.7 Å². The van der Waals surface area contributed by atoms with E-state index in [1.54, 1.807) is 6.92 Å². The molecular weight excluding hydrogens is 332 g/mol. The molecule has 0 fully saturated rings. The number of nitrogens with zero attached hydrogens (tertiary/aromatic N) is 1. The molecule has 1 unspecified atom stereocenters. The Hall–Kier alpha value is -2.02. The van der Waals surface area contributed by atoms with E-state index in [9.17, 15) is 18.4 Å². The fourth-order valence-electron chi connectivity index (χ4n) is 2.17. The highest BCUT2D eigenvalue weighted by Crippen LogP contribution is 2.13. The number of ether oxygens (including phenoxy) is 1. The molecule has 0 bridgehead atoms. The molecule has 5 nitrogen and oxygen atoms in total. The van der Waals surface area contributed by atoms with E-state index in [0.29, 0.717) is 18.1 Å². The Morgan fingerprint density at radius 1 is 1.20 bits per heavy atom. The van der Waals surface area contributed by atoms with E-state index in [-0.39, 0.29) is 25.4 Å². The number of hydrogen-bond acceptors (Lipinski definition) is 3. The minimum Gasteiger partial charge on any atom is -0.481 e. The molecule has 0 saturated carbocycles. The smallest absolute Gasteiger partial charge is 0.305 e. The lowest BCUT2D eigenvalue weighted by molar-refractivity contribution is -0.145. The number of halogens is 2. The van der Waals surface area contributed by atoms with Crippen molar-refractivity contribution < 1.29 is 28.2 Å². The lowest BCUT2D eigenvalue weighted by Crippen LogP contribution is -2.40. The van der Waals surface area contributed by atoms with Crippen LogP contribution in [0.3, 0.4) is 0 Å². The van der Waals surface area contributed by atoms with Crippen molar-refractivity contribution in [2.24, 2.45) is 5.92 Å². The van der Waals surface area contributed by atoms with Gasteiger partial charge in [0, 0.05) is 19.7 Å². The number of carboxylic acid groups (broad SMARTS) is 1. The number of carboxylic acids is 1. The third-order valence-corrected chi connectivity index (χ3v) is 3.68.